The average Bonchev–Trinajstić information content (AvgIpc) is 2.48. The van der Waals surface area contributed by atoms with E-state index in [2.05, 4.69) is 19.2 Å². The molecular formula is C15H28N2O2. The van der Waals surface area contributed by atoms with Crippen LogP contribution < -0.4 is 5.32 Å². The van der Waals surface area contributed by atoms with Gasteiger partial charge in [-0.25, -0.2) is 0 Å². The summed E-state index contributed by atoms with van der Waals surface area (Å²) in [4.78, 5) is 14.8. The number of likely N-dealkylation sites (tertiary alicyclic amines) is 1. The molecule has 0 aromatic heterocycles. The Morgan fingerprint density at radius 3 is 2.26 bits per heavy atom. The van der Waals surface area contributed by atoms with Gasteiger partial charge in [0.25, 0.3) is 5.91 Å². The fraction of sp³-hybridized carbons (Fsp3) is 0.933. The number of carbonyl (C=O) groups is 1. The molecule has 110 valence electrons. The molecule has 0 radical (unpaired) electrons. The molecule has 4 nitrogen and oxygen atoms in total. The summed E-state index contributed by atoms with van der Waals surface area (Å²) in [6, 6.07) is 0. The molecule has 4 heteroatoms. The topological polar surface area (TPSA) is 41.6 Å². The summed E-state index contributed by atoms with van der Waals surface area (Å²) in [5.74, 6) is 0.217. The van der Waals surface area contributed by atoms with Gasteiger partial charge in [0.1, 0.15) is 5.60 Å². The SMILES string of the molecule is CCC1(C)CCN(C(=O)C2(OC)CCNCC2)CC1. The minimum Gasteiger partial charge on any atom is -0.368 e. The van der Waals surface area contributed by atoms with E-state index in [4.69, 9.17) is 4.74 Å². The van der Waals surface area contributed by atoms with Crippen LogP contribution in [0.4, 0.5) is 0 Å². The number of nitrogens with one attached hydrogen (secondary N) is 1. The molecule has 2 fully saturated rings. The normalized spacial score (nSPS) is 26.2. The van der Waals surface area contributed by atoms with E-state index in [0.29, 0.717) is 5.41 Å². The first-order chi connectivity index (χ1) is 9.05. The third-order valence-corrected chi connectivity index (χ3v) is 5.30. The number of piperidine rings is 2. The van der Waals surface area contributed by atoms with Gasteiger partial charge in [-0.2, -0.15) is 0 Å². The molecule has 1 amide bonds. The van der Waals surface area contributed by atoms with Crippen LogP contribution in [0.15, 0.2) is 0 Å². The summed E-state index contributed by atoms with van der Waals surface area (Å²) in [7, 11) is 1.68. The molecule has 2 aliphatic rings. The Balaban J connectivity index is 2.00. The number of rotatable bonds is 3. The lowest BCUT2D eigenvalue weighted by Gasteiger charge is -2.44. The molecule has 0 unspecified atom stereocenters. The fourth-order valence-corrected chi connectivity index (χ4v) is 3.23. The van der Waals surface area contributed by atoms with Gasteiger partial charge in [0, 0.05) is 20.2 Å². The fourth-order valence-electron chi connectivity index (χ4n) is 3.23. The maximum atomic E-state index is 12.8. The molecular weight excluding hydrogens is 240 g/mol. The zero-order valence-corrected chi connectivity index (χ0v) is 12.6. The minimum absolute atomic E-state index is 0.217. The highest BCUT2D eigenvalue weighted by Gasteiger charge is 2.43. The average molecular weight is 268 g/mol. The second-order valence-electron chi connectivity index (χ2n) is 6.40. The summed E-state index contributed by atoms with van der Waals surface area (Å²) in [5, 5.41) is 3.30. The first-order valence-corrected chi connectivity index (χ1v) is 7.60. The number of ether oxygens (including phenoxy) is 1. The van der Waals surface area contributed by atoms with Crippen LogP contribution in [0, 0.1) is 5.41 Å². The van der Waals surface area contributed by atoms with Crippen molar-refractivity contribution in [2.24, 2.45) is 5.41 Å². The number of carbonyl (C=O) groups excluding carboxylic acids is 1. The van der Waals surface area contributed by atoms with Gasteiger partial charge in [0.05, 0.1) is 0 Å². The van der Waals surface area contributed by atoms with E-state index < -0.39 is 5.60 Å². The van der Waals surface area contributed by atoms with Crippen molar-refractivity contribution in [3.8, 4) is 0 Å². The van der Waals surface area contributed by atoms with Crippen molar-refractivity contribution in [1.29, 1.82) is 0 Å². The van der Waals surface area contributed by atoms with Gasteiger partial charge in [0.2, 0.25) is 0 Å². The monoisotopic (exact) mass is 268 g/mol. The standard InChI is InChI=1S/C15H28N2O2/c1-4-14(2)7-11-17(12-8-14)13(18)15(19-3)5-9-16-10-6-15/h16H,4-12H2,1-3H3. The van der Waals surface area contributed by atoms with Crippen LogP contribution in [0.2, 0.25) is 0 Å². The second kappa shape index (κ2) is 5.80. The van der Waals surface area contributed by atoms with Crippen LogP contribution in [0.5, 0.6) is 0 Å². The Labute approximate surface area is 116 Å². The molecule has 2 saturated heterocycles. The van der Waals surface area contributed by atoms with Crippen LogP contribution in [0.25, 0.3) is 0 Å². The molecule has 2 rings (SSSR count). The highest BCUT2D eigenvalue weighted by Crippen LogP contribution is 2.35. The van der Waals surface area contributed by atoms with Crippen molar-refractivity contribution in [2.75, 3.05) is 33.3 Å². The van der Waals surface area contributed by atoms with Gasteiger partial charge >= 0.3 is 0 Å². The molecule has 2 heterocycles. The third kappa shape index (κ3) is 2.95. The summed E-state index contributed by atoms with van der Waals surface area (Å²) >= 11 is 0. The van der Waals surface area contributed by atoms with Crippen molar-refractivity contribution in [3.63, 3.8) is 0 Å². The second-order valence-corrected chi connectivity index (χ2v) is 6.40. The lowest BCUT2D eigenvalue weighted by Crippen LogP contribution is -2.57. The zero-order valence-electron chi connectivity index (χ0n) is 12.6. The third-order valence-electron chi connectivity index (χ3n) is 5.30. The van der Waals surface area contributed by atoms with Crippen molar-refractivity contribution in [1.82, 2.24) is 10.2 Å². The summed E-state index contributed by atoms with van der Waals surface area (Å²) < 4.78 is 5.64. The van der Waals surface area contributed by atoms with E-state index in [1.54, 1.807) is 7.11 Å². The Hall–Kier alpha value is -0.610. The molecule has 0 atom stereocenters. The van der Waals surface area contributed by atoms with Crippen LogP contribution in [0.1, 0.15) is 46.0 Å². The van der Waals surface area contributed by atoms with Crippen molar-refractivity contribution < 1.29 is 9.53 Å². The van der Waals surface area contributed by atoms with Crippen molar-refractivity contribution in [2.45, 2.75) is 51.6 Å². The Bertz CT molecular complexity index is 316. The van der Waals surface area contributed by atoms with E-state index in [1.807, 2.05) is 4.90 Å². The minimum atomic E-state index is -0.564. The van der Waals surface area contributed by atoms with Crippen LogP contribution in [-0.2, 0) is 9.53 Å². The van der Waals surface area contributed by atoms with Gasteiger partial charge in [-0.1, -0.05) is 20.3 Å². The molecule has 0 saturated carbocycles. The Morgan fingerprint density at radius 2 is 1.79 bits per heavy atom. The molecule has 2 aliphatic heterocycles. The van der Waals surface area contributed by atoms with Gasteiger partial charge in [-0.05, 0) is 44.2 Å². The zero-order chi connectivity index (χ0) is 13.9. The van der Waals surface area contributed by atoms with Crippen LogP contribution in [0.3, 0.4) is 0 Å². The molecule has 0 bridgehead atoms. The molecule has 19 heavy (non-hydrogen) atoms. The van der Waals surface area contributed by atoms with Gasteiger partial charge < -0.3 is 15.0 Å². The highest BCUT2D eigenvalue weighted by atomic mass is 16.5. The van der Waals surface area contributed by atoms with E-state index >= 15 is 0 Å². The van der Waals surface area contributed by atoms with E-state index in [0.717, 1.165) is 51.9 Å². The Morgan fingerprint density at radius 1 is 1.21 bits per heavy atom. The number of hydrogen-bond acceptors (Lipinski definition) is 3. The van der Waals surface area contributed by atoms with E-state index in [9.17, 15) is 4.79 Å². The first kappa shape index (κ1) is 14.8. The summed E-state index contributed by atoms with van der Waals surface area (Å²) in [6.45, 7) is 8.12. The molecule has 0 aromatic rings. The predicted octanol–water partition coefficient (Wildman–Crippen LogP) is 1.79. The molecule has 0 spiro atoms. The van der Waals surface area contributed by atoms with E-state index in [-0.39, 0.29) is 5.91 Å². The van der Waals surface area contributed by atoms with Crippen LogP contribution in [-0.4, -0.2) is 49.7 Å². The Kier molecular flexibility index (Phi) is 4.51. The van der Waals surface area contributed by atoms with Gasteiger partial charge in [-0.3, -0.25) is 4.79 Å². The summed E-state index contributed by atoms with van der Waals surface area (Å²) in [6.07, 6.45) is 5.03. The number of amides is 1. The maximum absolute atomic E-state index is 12.8. The first-order valence-electron chi connectivity index (χ1n) is 7.60. The lowest BCUT2D eigenvalue weighted by molar-refractivity contribution is -0.160. The van der Waals surface area contributed by atoms with Crippen molar-refractivity contribution in [3.05, 3.63) is 0 Å². The van der Waals surface area contributed by atoms with Gasteiger partial charge in [-0.15, -0.1) is 0 Å². The molecule has 1 N–H and O–H groups in total. The molecule has 0 aromatic carbocycles. The smallest absolute Gasteiger partial charge is 0.254 e. The predicted molar refractivity (Wildman–Crippen MR) is 76.1 cm³/mol. The maximum Gasteiger partial charge on any atom is 0.254 e. The molecule has 0 aliphatic carbocycles. The number of hydrogen-bond donors (Lipinski definition) is 1. The quantitative estimate of drug-likeness (QED) is 0.848. The largest absolute Gasteiger partial charge is 0.368 e. The number of methoxy groups -OCH3 is 1. The number of nitrogens with zero attached hydrogens (tertiary/aromatic N) is 1. The summed E-state index contributed by atoms with van der Waals surface area (Å²) in [5.41, 5.74) is -0.143. The van der Waals surface area contributed by atoms with E-state index in [1.165, 1.54) is 6.42 Å². The van der Waals surface area contributed by atoms with Crippen molar-refractivity contribution >= 4 is 5.91 Å². The van der Waals surface area contributed by atoms with Gasteiger partial charge in [0.15, 0.2) is 0 Å². The van der Waals surface area contributed by atoms with Crippen LogP contribution >= 0.6 is 0 Å². The lowest BCUT2D eigenvalue weighted by atomic mass is 9.77. The highest BCUT2D eigenvalue weighted by molar-refractivity contribution is 5.85.